The van der Waals surface area contributed by atoms with E-state index in [4.69, 9.17) is 4.74 Å². The summed E-state index contributed by atoms with van der Waals surface area (Å²) in [5.41, 5.74) is 0.00784. The molecule has 3 rings (SSSR count). The first-order chi connectivity index (χ1) is 12.3. The lowest BCUT2D eigenvalue weighted by atomic mass is 9.92. The van der Waals surface area contributed by atoms with Crippen LogP contribution in [0.4, 0.5) is 4.79 Å². The molecule has 3 atom stereocenters. The molecule has 0 aromatic rings. The van der Waals surface area contributed by atoms with Gasteiger partial charge in [-0.2, -0.15) is 0 Å². The molecule has 1 unspecified atom stereocenters. The minimum atomic E-state index is -1.14. The molecule has 10 heteroatoms. The van der Waals surface area contributed by atoms with E-state index in [1.165, 1.54) is 34.5 Å². The van der Waals surface area contributed by atoms with Crippen molar-refractivity contribution in [2.24, 2.45) is 11.8 Å². The summed E-state index contributed by atoms with van der Waals surface area (Å²) in [6.45, 7) is 6.33. The molecule has 0 aliphatic carbocycles. The molecule has 0 spiro atoms. The SMILES string of the molecule is C=CCOC(=O)N1CC(CSC2=C(C(=O)O)N3C(=O)C([C@@H](C)O)[C@@H]3S2)C1. The molecule has 2 saturated heterocycles. The third kappa shape index (κ3) is 3.33. The van der Waals surface area contributed by atoms with Crippen molar-refractivity contribution in [1.29, 1.82) is 0 Å². The van der Waals surface area contributed by atoms with Crippen molar-refractivity contribution >= 4 is 41.5 Å². The standard InChI is InChI=1S/C16H20N2O6S2/c1-3-4-24-16(23)17-5-9(6-17)7-25-15-11(14(21)22)18-12(20)10(8(2)19)13(18)26-15/h3,8-10,13,19H,1,4-7H2,2H3,(H,21,22)/t8-,10?,13+/m1/s1. The minimum Gasteiger partial charge on any atom is -0.477 e. The Hall–Kier alpha value is -1.65. The Labute approximate surface area is 159 Å². The number of likely N-dealkylation sites (tertiary alicyclic amines) is 1. The number of β-lactam (4-membered cyclic amide) rings is 1. The summed E-state index contributed by atoms with van der Waals surface area (Å²) < 4.78 is 5.54. The van der Waals surface area contributed by atoms with Crippen LogP contribution < -0.4 is 0 Å². The van der Waals surface area contributed by atoms with Gasteiger partial charge >= 0.3 is 12.1 Å². The minimum absolute atomic E-state index is 0.00784. The summed E-state index contributed by atoms with van der Waals surface area (Å²) >= 11 is 2.71. The van der Waals surface area contributed by atoms with Crippen molar-refractivity contribution in [3.05, 3.63) is 22.6 Å². The van der Waals surface area contributed by atoms with Crippen LogP contribution in [0.3, 0.4) is 0 Å². The molecule has 2 fully saturated rings. The zero-order valence-electron chi connectivity index (χ0n) is 14.2. The van der Waals surface area contributed by atoms with Crippen LogP contribution in [0.15, 0.2) is 22.6 Å². The Balaban J connectivity index is 1.54. The van der Waals surface area contributed by atoms with E-state index in [-0.39, 0.29) is 35.6 Å². The molecular formula is C16H20N2O6S2. The highest BCUT2D eigenvalue weighted by Gasteiger charge is 2.57. The second kappa shape index (κ2) is 7.53. The lowest BCUT2D eigenvalue weighted by Gasteiger charge is -2.43. The topological polar surface area (TPSA) is 107 Å². The maximum absolute atomic E-state index is 12.1. The van der Waals surface area contributed by atoms with E-state index in [1.807, 2.05) is 0 Å². The number of hydrogen-bond acceptors (Lipinski definition) is 7. The molecule has 3 aliphatic heterocycles. The van der Waals surface area contributed by atoms with Gasteiger partial charge in [0.15, 0.2) is 5.70 Å². The van der Waals surface area contributed by atoms with Gasteiger partial charge in [-0.25, -0.2) is 9.59 Å². The highest BCUT2D eigenvalue weighted by Crippen LogP contribution is 2.54. The third-order valence-electron chi connectivity index (χ3n) is 4.46. The van der Waals surface area contributed by atoms with Gasteiger partial charge in [0.05, 0.1) is 16.3 Å². The van der Waals surface area contributed by atoms with Gasteiger partial charge in [-0.3, -0.25) is 9.69 Å². The van der Waals surface area contributed by atoms with Crippen LogP contribution >= 0.6 is 23.5 Å². The number of amides is 2. The molecule has 8 nitrogen and oxygen atoms in total. The Bertz CT molecular complexity index is 674. The van der Waals surface area contributed by atoms with Crippen LogP contribution in [0.25, 0.3) is 0 Å². The number of nitrogens with zero attached hydrogens (tertiary/aromatic N) is 2. The molecule has 0 radical (unpaired) electrons. The number of carboxylic acids is 1. The van der Waals surface area contributed by atoms with E-state index in [0.29, 0.717) is 23.1 Å². The molecule has 26 heavy (non-hydrogen) atoms. The average molecular weight is 400 g/mol. The van der Waals surface area contributed by atoms with E-state index in [0.717, 1.165) is 0 Å². The fraction of sp³-hybridized carbons (Fsp3) is 0.562. The predicted molar refractivity (Wildman–Crippen MR) is 97.1 cm³/mol. The zero-order chi connectivity index (χ0) is 19.0. The molecule has 0 bridgehead atoms. The number of carbonyl (C=O) groups is 3. The van der Waals surface area contributed by atoms with Gasteiger partial charge in [0.25, 0.3) is 0 Å². The van der Waals surface area contributed by atoms with Gasteiger partial charge in [-0.05, 0) is 6.92 Å². The monoisotopic (exact) mass is 400 g/mol. The number of rotatable bonds is 7. The molecule has 0 aromatic heterocycles. The first-order valence-corrected chi connectivity index (χ1v) is 10.0. The lowest BCUT2D eigenvalue weighted by molar-refractivity contribution is -0.156. The van der Waals surface area contributed by atoms with Gasteiger partial charge in [-0.1, -0.05) is 24.4 Å². The Kier molecular flexibility index (Phi) is 5.54. The van der Waals surface area contributed by atoms with Crippen molar-refractivity contribution in [1.82, 2.24) is 9.80 Å². The largest absolute Gasteiger partial charge is 0.477 e. The number of fused-ring (bicyclic) bond motifs is 1. The Morgan fingerprint density at radius 1 is 1.50 bits per heavy atom. The summed E-state index contributed by atoms with van der Waals surface area (Å²) in [4.78, 5) is 38.2. The number of aliphatic carboxylic acids is 1. The fourth-order valence-corrected chi connectivity index (χ4v) is 6.10. The van der Waals surface area contributed by atoms with Crippen LogP contribution in [-0.4, -0.2) is 74.9 Å². The van der Waals surface area contributed by atoms with Crippen molar-refractivity contribution in [2.75, 3.05) is 25.4 Å². The summed E-state index contributed by atoms with van der Waals surface area (Å²) in [5, 5.41) is 18.8. The number of thioether (sulfide) groups is 2. The molecular weight excluding hydrogens is 380 g/mol. The Morgan fingerprint density at radius 2 is 2.19 bits per heavy atom. The average Bonchev–Trinajstić information content (AvgIpc) is 2.85. The summed E-state index contributed by atoms with van der Waals surface area (Å²) in [7, 11) is 0. The highest BCUT2D eigenvalue weighted by molar-refractivity contribution is 8.22. The summed E-state index contributed by atoms with van der Waals surface area (Å²) in [6.07, 6.45) is 0.326. The van der Waals surface area contributed by atoms with E-state index < -0.39 is 18.0 Å². The van der Waals surface area contributed by atoms with Gasteiger partial charge in [0, 0.05) is 24.8 Å². The molecule has 0 saturated carbocycles. The number of ether oxygens (including phenoxy) is 1. The van der Waals surface area contributed by atoms with Gasteiger partial charge in [0.2, 0.25) is 5.91 Å². The van der Waals surface area contributed by atoms with Gasteiger partial charge < -0.3 is 19.8 Å². The number of aliphatic hydroxyl groups is 1. The van der Waals surface area contributed by atoms with E-state index in [9.17, 15) is 24.6 Å². The molecule has 2 N–H and O–H groups in total. The summed E-state index contributed by atoms with van der Waals surface area (Å²) in [6, 6.07) is 0. The second-order valence-corrected chi connectivity index (χ2v) is 8.79. The van der Waals surface area contributed by atoms with Gasteiger partial charge in [0.1, 0.15) is 12.0 Å². The number of carboxylic acid groups (broad SMARTS) is 1. The van der Waals surface area contributed by atoms with Crippen molar-refractivity contribution in [3.8, 4) is 0 Å². The quantitative estimate of drug-likeness (QED) is 0.484. The van der Waals surface area contributed by atoms with Gasteiger partial charge in [-0.15, -0.1) is 11.8 Å². The number of aliphatic hydroxyl groups excluding tert-OH is 1. The van der Waals surface area contributed by atoms with Crippen LogP contribution in [0.2, 0.25) is 0 Å². The second-order valence-electron chi connectivity index (χ2n) is 6.37. The predicted octanol–water partition coefficient (Wildman–Crippen LogP) is 1.14. The smallest absolute Gasteiger partial charge is 0.410 e. The highest BCUT2D eigenvalue weighted by atomic mass is 32.2. The van der Waals surface area contributed by atoms with Crippen molar-refractivity contribution in [3.63, 3.8) is 0 Å². The normalized spacial score (nSPS) is 26.2. The molecule has 3 heterocycles. The molecule has 0 aromatic carbocycles. The fourth-order valence-electron chi connectivity index (χ4n) is 3.09. The first-order valence-electron chi connectivity index (χ1n) is 8.16. The number of carbonyl (C=O) groups excluding carboxylic acids is 2. The van der Waals surface area contributed by atoms with Crippen LogP contribution in [0, 0.1) is 11.8 Å². The zero-order valence-corrected chi connectivity index (χ0v) is 15.8. The Morgan fingerprint density at radius 3 is 2.77 bits per heavy atom. The van der Waals surface area contributed by atoms with Crippen molar-refractivity contribution in [2.45, 2.75) is 18.4 Å². The first kappa shape index (κ1) is 19.1. The molecule has 2 amide bonds. The third-order valence-corrected chi connectivity index (χ3v) is 7.35. The van der Waals surface area contributed by atoms with Crippen LogP contribution in [-0.2, 0) is 14.3 Å². The van der Waals surface area contributed by atoms with E-state index in [1.54, 1.807) is 11.8 Å². The lowest BCUT2D eigenvalue weighted by Crippen LogP contribution is -2.60. The van der Waals surface area contributed by atoms with E-state index >= 15 is 0 Å². The molecule has 3 aliphatic rings. The van der Waals surface area contributed by atoms with Crippen molar-refractivity contribution < 1.29 is 29.3 Å². The van der Waals surface area contributed by atoms with E-state index in [2.05, 4.69) is 6.58 Å². The molecule has 142 valence electrons. The maximum Gasteiger partial charge on any atom is 0.410 e. The van der Waals surface area contributed by atoms with Crippen LogP contribution in [0.5, 0.6) is 0 Å². The maximum atomic E-state index is 12.1. The summed E-state index contributed by atoms with van der Waals surface area (Å²) in [5.74, 6) is -1.14. The number of hydrogen-bond donors (Lipinski definition) is 2. The van der Waals surface area contributed by atoms with Crippen LogP contribution in [0.1, 0.15) is 6.92 Å².